The van der Waals surface area contributed by atoms with Gasteiger partial charge in [-0.3, -0.25) is 0 Å². The molecule has 1 rings (SSSR count). The van der Waals surface area contributed by atoms with Gasteiger partial charge in [0, 0.05) is 4.91 Å². The van der Waals surface area contributed by atoms with Crippen LogP contribution < -0.4 is 0 Å². The Bertz CT molecular complexity index is 418. The van der Waals surface area contributed by atoms with E-state index >= 15 is 0 Å². The Hall–Kier alpha value is -1.42. The number of halogens is 2. The van der Waals surface area contributed by atoms with E-state index in [1.165, 1.54) is 6.07 Å². The second-order valence-corrected chi connectivity index (χ2v) is 3.09. The van der Waals surface area contributed by atoms with Gasteiger partial charge in [-0.25, -0.2) is 4.79 Å². The van der Waals surface area contributed by atoms with E-state index in [-0.39, 0.29) is 21.3 Å². The number of azide groups is 1. The lowest BCUT2D eigenvalue weighted by Crippen LogP contribution is -1.96. The molecule has 1 N–H and O–H groups in total. The fraction of sp³-hybridized carbons (Fsp3) is 0. The van der Waals surface area contributed by atoms with E-state index in [1.807, 2.05) is 0 Å². The quantitative estimate of drug-likeness (QED) is 0.479. The van der Waals surface area contributed by atoms with E-state index in [9.17, 15) is 4.79 Å². The first-order chi connectivity index (χ1) is 6.56. The molecule has 0 aliphatic carbocycles. The lowest BCUT2D eigenvalue weighted by Gasteiger charge is -2.01. The molecule has 0 spiro atoms. The molecule has 0 amide bonds. The van der Waals surface area contributed by atoms with Gasteiger partial charge in [0.05, 0.1) is 21.3 Å². The van der Waals surface area contributed by atoms with Crippen molar-refractivity contribution in [2.45, 2.75) is 0 Å². The first-order valence-corrected chi connectivity index (χ1v) is 4.09. The number of aromatic carboxylic acids is 1. The van der Waals surface area contributed by atoms with E-state index in [1.54, 1.807) is 0 Å². The van der Waals surface area contributed by atoms with E-state index in [4.69, 9.17) is 33.8 Å². The van der Waals surface area contributed by atoms with Crippen LogP contribution in [0.25, 0.3) is 10.4 Å². The van der Waals surface area contributed by atoms with Crippen molar-refractivity contribution in [3.63, 3.8) is 0 Å². The van der Waals surface area contributed by atoms with Crippen molar-refractivity contribution in [3.05, 3.63) is 38.2 Å². The molecule has 0 unspecified atom stereocenters. The van der Waals surface area contributed by atoms with Crippen molar-refractivity contribution in [1.29, 1.82) is 0 Å². The Balaban J connectivity index is 3.41. The number of carboxylic acid groups (broad SMARTS) is 1. The highest BCUT2D eigenvalue weighted by molar-refractivity contribution is 6.37. The minimum atomic E-state index is -1.21. The second-order valence-electron chi connectivity index (χ2n) is 2.28. The Morgan fingerprint density at radius 3 is 2.57 bits per heavy atom. The summed E-state index contributed by atoms with van der Waals surface area (Å²) in [6.07, 6.45) is 0. The highest BCUT2D eigenvalue weighted by atomic mass is 35.5. The number of carboxylic acids is 1. The number of benzene rings is 1. The Morgan fingerprint density at radius 2 is 2.07 bits per heavy atom. The molecule has 7 heteroatoms. The zero-order valence-corrected chi connectivity index (χ0v) is 8.12. The molecule has 0 heterocycles. The third kappa shape index (κ3) is 2.09. The van der Waals surface area contributed by atoms with Gasteiger partial charge in [0.2, 0.25) is 0 Å². The summed E-state index contributed by atoms with van der Waals surface area (Å²) in [5.74, 6) is -1.21. The third-order valence-electron chi connectivity index (χ3n) is 1.42. The maximum absolute atomic E-state index is 10.6. The van der Waals surface area contributed by atoms with Crippen LogP contribution in [0.3, 0.4) is 0 Å². The smallest absolute Gasteiger partial charge is 0.337 e. The molecule has 0 aliphatic heterocycles. The van der Waals surface area contributed by atoms with Crippen LogP contribution in [0.2, 0.25) is 10.0 Å². The minimum absolute atomic E-state index is 0.000565. The first kappa shape index (κ1) is 10.7. The molecule has 14 heavy (non-hydrogen) atoms. The maximum Gasteiger partial charge on any atom is 0.337 e. The van der Waals surface area contributed by atoms with Crippen LogP contribution in [0.1, 0.15) is 10.4 Å². The van der Waals surface area contributed by atoms with Gasteiger partial charge in [0.25, 0.3) is 0 Å². The SMILES string of the molecule is [N-]=[N+]=Nc1cc(C(=O)O)c(Cl)cc1Cl. The van der Waals surface area contributed by atoms with Crippen LogP contribution in [0, 0.1) is 0 Å². The number of rotatable bonds is 2. The van der Waals surface area contributed by atoms with E-state index in [0.717, 1.165) is 6.07 Å². The van der Waals surface area contributed by atoms with Crippen molar-refractivity contribution in [3.8, 4) is 0 Å². The molecule has 0 atom stereocenters. The van der Waals surface area contributed by atoms with Crippen molar-refractivity contribution in [2.75, 3.05) is 0 Å². The lowest BCUT2D eigenvalue weighted by atomic mass is 10.2. The molecule has 0 radical (unpaired) electrons. The average molecular weight is 232 g/mol. The van der Waals surface area contributed by atoms with Crippen molar-refractivity contribution in [1.82, 2.24) is 0 Å². The maximum atomic E-state index is 10.6. The predicted octanol–water partition coefficient (Wildman–Crippen LogP) is 3.63. The van der Waals surface area contributed by atoms with Crippen LogP contribution in [-0.2, 0) is 0 Å². The van der Waals surface area contributed by atoms with E-state index in [2.05, 4.69) is 10.0 Å². The first-order valence-electron chi connectivity index (χ1n) is 3.33. The summed E-state index contributed by atoms with van der Waals surface area (Å²) < 4.78 is 0. The van der Waals surface area contributed by atoms with Gasteiger partial charge >= 0.3 is 5.97 Å². The van der Waals surface area contributed by atoms with Gasteiger partial charge < -0.3 is 5.11 Å². The molecular weight excluding hydrogens is 229 g/mol. The molecule has 1 aromatic carbocycles. The van der Waals surface area contributed by atoms with Crippen LogP contribution in [-0.4, -0.2) is 11.1 Å². The van der Waals surface area contributed by atoms with Gasteiger partial charge in [0.15, 0.2) is 0 Å². The van der Waals surface area contributed by atoms with E-state index < -0.39 is 5.97 Å². The molecule has 0 saturated heterocycles. The molecule has 0 bridgehead atoms. The minimum Gasteiger partial charge on any atom is -0.478 e. The largest absolute Gasteiger partial charge is 0.478 e. The predicted molar refractivity (Wildman–Crippen MR) is 52.2 cm³/mol. The summed E-state index contributed by atoms with van der Waals surface area (Å²) in [6, 6.07) is 2.34. The van der Waals surface area contributed by atoms with Crippen LogP contribution in [0.5, 0.6) is 0 Å². The summed E-state index contributed by atoms with van der Waals surface area (Å²) >= 11 is 11.2. The summed E-state index contributed by atoms with van der Waals surface area (Å²) in [6.45, 7) is 0. The summed E-state index contributed by atoms with van der Waals surface area (Å²) in [7, 11) is 0. The van der Waals surface area contributed by atoms with Crippen LogP contribution in [0.15, 0.2) is 17.2 Å². The Kier molecular flexibility index (Phi) is 3.19. The topological polar surface area (TPSA) is 86.1 Å². The normalized spacial score (nSPS) is 9.29. The standard InChI is InChI=1S/C7H3Cl2N3O2/c8-4-2-5(9)6(11-12-10)1-3(4)7(13)14/h1-2H,(H,13,14). The summed E-state index contributed by atoms with van der Waals surface area (Å²) in [5.41, 5.74) is 8.05. The van der Waals surface area contributed by atoms with Crippen molar-refractivity contribution < 1.29 is 9.90 Å². The van der Waals surface area contributed by atoms with Gasteiger partial charge in [-0.05, 0) is 17.7 Å². The van der Waals surface area contributed by atoms with Gasteiger partial charge in [0.1, 0.15) is 0 Å². The van der Waals surface area contributed by atoms with Crippen LogP contribution in [0.4, 0.5) is 5.69 Å². The Labute approximate surface area is 88.5 Å². The molecule has 5 nitrogen and oxygen atoms in total. The fourth-order valence-corrected chi connectivity index (χ4v) is 1.33. The highest BCUT2D eigenvalue weighted by Crippen LogP contribution is 2.31. The zero-order chi connectivity index (χ0) is 10.7. The van der Waals surface area contributed by atoms with Crippen LogP contribution >= 0.6 is 23.2 Å². The second kappa shape index (κ2) is 4.19. The lowest BCUT2D eigenvalue weighted by molar-refractivity contribution is 0.0697. The van der Waals surface area contributed by atoms with Crippen molar-refractivity contribution >= 4 is 34.9 Å². The number of hydrogen-bond donors (Lipinski definition) is 1. The van der Waals surface area contributed by atoms with Gasteiger partial charge in [-0.2, -0.15) is 0 Å². The highest BCUT2D eigenvalue weighted by Gasteiger charge is 2.11. The summed E-state index contributed by atoms with van der Waals surface area (Å²) in [5, 5.41) is 12.0. The molecule has 0 fully saturated rings. The molecular formula is C7H3Cl2N3O2. The van der Waals surface area contributed by atoms with E-state index in [0.29, 0.717) is 0 Å². The number of hydrogen-bond acceptors (Lipinski definition) is 2. The van der Waals surface area contributed by atoms with Gasteiger partial charge in [-0.1, -0.05) is 28.3 Å². The summed E-state index contributed by atoms with van der Waals surface area (Å²) in [4.78, 5) is 13.1. The third-order valence-corrected chi connectivity index (χ3v) is 2.03. The monoisotopic (exact) mass is 231 g/mol. The molecule has 0 saturated carbocycles. The zero-order valence-electron chi connectivity index (χ0n) is 6.61. The van der Waals surface area contributed by atoms with Gasteiger partial charge in [-0.15, -0.1) is 0 Å². The fourth-order valence-electron chi connectivity index (χ4n) is 0.826. The number of nitrogens with zero attached hydrogens (tertiary/aromatic N) is 3. The molecule has 0 aromatic heterocycles. The Morgan fingerprint density at radius 1 is 1.43 bits per heavy atom. The molecule has 0 aliphatic rings. The number of carbonyl (C=O) groups is 1. The average Bonchev–Trinajstić information content (AvgIpc) is 2.09. The van der Waals surface area contributed by atoms with Crippen molar-refractivity contribution in [2.24, 2.45) is 5.11 Å². The molecule has 72 valence electrons. The molecule has 1 aromatic rings.